The molecule has 4 heteroatoms. The number of benzene rings is 1. The third-order valence-corrected chi connectivity index (χ3v) is 4.31. The van der Waals surface area contributed by atoms with Crippen LogP contribution < -0.4 is 10.2 Å². The van der Waals surface area contributed by atoms with Crippen molar-refractivity contribution in [3.05, 3.63) is 45.9 Å². The SMILES string of the molecule is Cc1ncsc1CN1CCNCc2ccccc21. The third-order valence-electron chi connectivity index (χ3n) is 3.39. The molecule has 1 aliphatic rings. The van der Waals surface area contributed by atoms with Crippen LogP contribution in [0.2, 0.25) is 0 Å². The van der Waals surface area contributed by atoms with E-state index >= 15 is 0 Å². The molecule has 18 heavy (non-hydrogen) atoms. The van der Waals surface area contributed by atoms with Gasteiger partial charge in [0.15, 0.2) is 0 Å². The summed E-state index contributed by atoms with van der Waals surface area (Å²) < 4.78 is 0. The zero-order chi connectivity index (χ0) is 12.4. The number of aryl methyl sites for hydroxylation is 1. The molecule has 3 nitrogen and oxygen atoms in total. The van der Waals surface area contributed by atoms with Gasteiger partial charge in [-0.2, -0.15) is 0 Å². The van der Waals surface area contributed by atoms with E-state index in [0.29, 0.717) is 0 Å². The summed E-state index contributed by atoms with van der Waals surface area (Å²) in [4.78, 5) is 8.16. The van der Waals surface area contributed by atoms with Crippen LogP contribution in [0.1, 0.15) is 16.1 Å². The first-order valence-electron chi connectivity index (χ1n) is 6.27. The lowest BCUT2D eigenvalue weighted by molar-refractivity contribution is 0.689. The van der Waals surface area contributed by atoms with Gasteiger partial charge in [-0.05, 0) is 18.6 Å². The van der Waals surface area contributed by atoms with Crippen LogP contribution in [0.4, 0.5) is 5.69 Å². The molecule has 1 aromatic carbocycles. The molecule has 1 N–H and O–H groups in total. The highest BCUT2D eigenvalue weighted by Crippen LogP contribution is 2.25. The first kappa shape index (κ1) is 11.7. The van der Waals surface area contributed by atoms with E-state index < -0.39 is 0 Å². The molecular weight excluding hydrogens is 242 g/mol. The van der Waals surface area contributed by atoms with Crippen molar-refractivity contribution in [2.24, 2.45) is 0 Å². The molecule has 0 fully saturated rings. The fraction of sp³-hybridized carbons (Fsp3) is 0.357. The summed E-state index contributed by atoms with van der Waals surface area (Å²) in [5.41, 5.74) is 5.84. The van der Waals surface area contributed by atoms with Crippen LogP contribution in [-0.2, 0) is 13.1 Å². The number of hydrogen-bond acceptors (Lipinski definition) is 4. The highest BCUT2D eigenvalue weighted by Gasteiger charge is 2.16. The van der Waals surface area contributed by atoms with Crippen LogP contribution >= 0.6 is 11.3 Å². The fourth-order valence-corrected chi connectivity index (χ4v) is 3.13. The Labute approximate surface area is 111 Å². The summed E-state index contributed by atoms with van der Waals surface area (Å²) in [6.45, 7) is 6.11. The minimum atomic E-state index is 0.967. The molecule has 0 saturated heterocycles. The van der Waals surface area contributed by atoms with Crippen molar-refractivity contribution >= 4 is 17.0 Å². The maximum absolute atomic E-state index is 4.34. The van der Waals surface area contributed by atoms with Crippen LogP contribution in [0.25, 0.3) is 0 Å². The van der Waals surface area contributed by atoms with Crippen molar-refractivity contribution < 1.29 is 0 Å². The first-order chi connectivity index (χ1) is 8.84. The first-order valence-corrected chi connectivity index (χ1v) is 7.15. The van der Waals surface area contributed by atoms with Crippen molar-refractivity contribution in [1.82, 2.24) is 10.3 Å². The van der Waals surface area contributed by atoms with Crippen molar-refractivity contribution in [1.29, 1.82) is 0 Å². The average Bonchev–Trinajstić information content (AvgIpc) is 2.68. The van der Waals surface area contributed by atoms with E-state index in [2.05, 4.69) is 46.4 Å². The molecule has 1 aliphatic heterocycles. The van der Waals surface area contributed by atoms with Gasteiger partial charge in [0.25, 0.3) is 0 Å². The summed E-state index contributed by atoms with van der Waals surface area (Å²) in [5, 5.41) is 3.47. The molecule has 2 heterocycles. The van der Waals surface area contributed by atoms with Crippen LogP contribution in [0.3, 0.4) is 0 Å². The van der Waals surface area contributed by atoms with Gasteiger partial charge in [0.1, 0.15) is 0 Å². The molecule has 94 valence electrons. The average molecular weight is 259 g/mol. The number of fused-ring (bicyclic) bond motifs is 1. The summed E-state index contributed by atoms with van der Waals surface area (Å²) in [5.74, 6) is 0. The predicted molar refractivity (Wildman–Crippen MR) is 76.0 cm³/mol. The number of hydrogen-bond donors (Lipinski definition) is 1. The lowest BCUT2D eigenvalue weighted by atomic mass is 10.1. The highest BCUT2D eigenvalue weighted by atomic mass is 32.1. The molecular formula is C14H17N3S. The molecule has 2 aromatic rings. The molecule has 0 spiro atoms. The Hall–Kier alpha value is -1.39. The van der Waals surface area contributed by atoms with Gasteiger partial charge in [-0.3, -0.25) is 0 Å². The monoisotopic (exact) mass is 259 g/mol. The second-order valence-electron chi connectivity index (χ2n) is 4.59. The molecule has 3 rings (SSSR count). The van der Waals surface area contributed by atoms with E-state index in [1.54, 1.807) is 11.3 Å². The van der Waals surface area contributed by atoms with E-state index in [0.717, 1.165) is 31.9 Å². The second-order valence-corrected chi connectivity index (χ2v) is 5.53. The highest BCUT2D eigenvalue weighted by molar-refractivity contribution is 7.09. The summed E-state index contributed by atoms with van der Waals surface area (Å²) in [7, 11) is 0. The molecule has 0 unspecified atom stereocenters. The van der Waals surface area contributed by atoms with Crippen molar-refractivity contribution in [3.63, 3.8) is 0 Å². The van der Waals surface area contributed by atoms with Gasteiger partial charge < -0.3 is 10.2 Å². The van der Waals surface area contributed by atoms with E-state index in [-0.39, 0.29) is 0 Å². The smallest absolute Gasteiger partial charge is 0.0798 e. The quantitative estimate of drug-likeness (QED) is 0.898. The van der Waals surface area contributed by atoms with E-state index in [1.807, 2.05) is 5.51 Å². The molecule has 0 atom stereocenters. The molecule has 0 radical (unpaired) electrons. The number of anilines is 1. The van der Waals surface area contributed by atoms with E-state index in [9.17, 15) is 0 Å². The van der Waals surface area contributed by atoms with Crippen molar-refractivity contribution in [2.75, 3.05) is 18.0 Å². The number of thiazole rings is 1. The molecule has 0 amide bonds. The third kappa shape index (κ3) is 2.26. The largest absolute Gasteiger partial charge is 0.365 e. The lowest BCUT2D eigenvalue weighted by Gasteiger charge is -2.24. The van der Waals surface area contributed by atoms with Gasteiger partial charge in [-0.15, -0.1) is 11.3 Å². The Morgan fingerprint density at radius 2 is 2.28 bits per heavy atom. The second kappa shape index (κ2) is 5.08. The van der Waals surface area contributed by atoms with Gasteiger partial charge in [0.2, 0.25) is 0 Å². The number of nitrogens with one attached hydrogen (secondary N) is 1. The summed E-state index contributed by atoms with van der Waals surface area (Å²) >= 11 is 1.75. The zero-order valence-electron chi connectivity index (χ0n) is 10.5. The standard InChI is InChI=1S/C14H17N3S/c1-11-14(18-10-16-11)9-17-7-6-15-8-12-4-2-3-5-13(12)17/h2-5,10,15H,6-9H2,1H3. The Balaban J connectivity index is 1.90. The zero-order valence-corrected chi connectivity index (χ0v) is 11.3. The van der Waals surface area contributed by atoms with Gasteiger partial charge in [-0.25, -0.2) is 4.98 Å². The number of nitrogens with zero attached hydrogens (tertiary/aromatic N) is 2. The Bertz CT molecular complexity index is 535. The number of rotatable bonds is 2. The van der Waals surface area contributed by atoms with Gasteiger partial charge >= 0.3 is 0 Å². The van der Waals surface area contributed by atoms with Gasteiger partial charge in [-0.1, -0.05) is 18.2 Å². The Morgan fingerprint density at radius 3 is 3.11 bits per heavy atom. The summed E-state index contributed by atoms with van der Waals surface area (Å²) in [6, 6.07) is 8.66. The minimum Gasteiger partial charge on any atom is -0.365 e. The fourth-order valence-electron chi connectivity index (χ4n) is 2.34. The topological polar surface area (TPSA) is 28.2 Å². The maximum atomic E-state index is 4.34. The normalized spacial score (nSPS) is 15.3. The Kier molecular flexibility index (Phi) is 3.30. The van der Waals surface area contributed by atoms with E-state index in [1.165, 1.54) is 16.1 Å². The molecule has 0 aliphatic carbocycles. The van der Waals surface area contributed by atoms with Crippen LogP contribution in [0.5, 0.6) is 0 Å². The molecule has 1 aromatic heterocycles. The number of aromatic nitrogens is 1. The van der Waals surface area contributed by atoms with Gasteiger partial charge in [0, 0.05) is 30.2 Å². The maximum Gasteiger partial charge on any atom is 0.0798 e. The lowest BCUT2D eigenvalue weighted by Crippen LogP contribution is -2.28. The van der Waals surface area contributed by atoms with Crippen molar-refractivity contribution in [3.8, 4) is 0 Å². The summed E-state index contributed by atoms with van der Waals surface area (Å²) in [6.07, 6.45) is 0. The predicted octanol–water partition coefficient (Wildman–Crippen LogP) is 2.56. The van der Waals surface area contributed by atoms with Crippen LogP contribution in [0, 0.1) is 6.92 Å². The van der Waals surface area contributed by atoms with Gasteiger partial charge in [0.05, 0.1) is 17.7 Å². The minimum absolute atomic E-state index is 0.967. The Morgan fingerprint density at radius 1 is 1.39 bits per heavy atom. The molecule has 0 saturated carbocycles. The van der Waals surface area contributed by atoms with Crippen molar-refractivity contribution in [2.45, 2.75) is 20.0 Å². The molecule has 0 bridgehead atoms. The van der Waals surface area contributed by atoms with Crippen LogP contribution in [0.15, 0.2) is 29.8 Å². The number of para-hydroxylation sites is 1. The van der Waals surface area contributed by atoms with E-state index in [4.69, 9.17) is 0 Å². The van der Waals surface area contributed by atoms with Crippen LogP contribution in [-0.4, -0.2) is 18.1 Å².